The number of ether oxygens (including phenoxy) is 2. The number of thiazole rings is 1. The first-order valence-electron chi connectivity index (χ1n) is 20.8. The SMILES string of the molecule is COc1ccc2c(O[C@@H]3C[C@H]4C(=O)N[C@]5(C(=O)NS(=O)(=O)C6(C)CC6)C[C@H]5C=CCCCCC[C@H](Nc5ccccc5)C(=O)N4C3)cc(-c3csc(NC(C)C)n3)nc2c1. The fourth-order valence-electron chi connectivity index (χ4n) is 8.10. The topological polar surface area (TPSA) is 181 Å². The summed E-state index contributed by atoms with van der Waals surface area (Å²) in [5, 5.41) is 13.2. The lowest BCUT2D eigenvalue weighted by Gasteiger charge is -2.30. The number of anilines is 2. The van der Waals surface area contributed by atoms with E-state index in [9.17, 15) is 22.8 Å². The lowest BCUT2D eigenvalue weighted by molar-refractivity contribution is -0.140. The third kappa shape index (κ3) is 8.67. The molecule has 3 amide bonds. The molecule has 4 N–H and O–H groups in total. The summed E-state index contributed by atoms with van der Waals surface area (Å²) in [7, 11) is -2.38. The van der Waals surface area contributed by atoms with Gasteiger partial charge in [0.1, 0.15) is 40.9 Å². The number of hydrogen-bond acceptors (Lipinski definition) is 12. The Hall–Kier alpha value is -5.22. The Bertz CT molecular complexity index is 2400. The summed E-state index contributed by atoms with van der Waals surface area (Å²) >= 11 is 1.48. The Morgan fingerprint density at radius 3 is 2.58 bits per heavy atom. The summed E-state index contributed by atoms with van der Waals surface area (Å²) in [6.07, 6.45) is 8.40. The zero-order valence-electron chi connectivity index (χ0n) is 34.4. The van der Waals surface area contributed by atoms with E-state index in [0.717, 1.165) is 36.5 Å². The standard InChI is InChI=1S/C44H53N7O7S2/c1-27(2)45-42-48-36(26-59-42)35-23-38(32-18-17-30(57-4)21-34(32)47-35)58-31-22-37-39(52)49-44(41(54)50-60(55,56)43(3)19-20-43)24-28(44)13-9-6-5-7-12-16-33(40(53)51(37)25-31)46-29-14-10-8-11-15-29/h8-11,13-15,17-18,21,23,26-28,31,33,37,46H,5-7,12,16,19-20,22,24-25H2,1-4H3,(H,45,48)(H,49,52)(H,50,54)/t28-,31-,33+,37+,44-/m1/s1. The molecule has 0 unspecified atom stereocenters. The smallest absolute Gasteiger partial charge is 0.259 e. The van der Waals surface area contributed by atoms with Gasteiger partial charge in [0, 0.05) is 47.0 Å². The summed E-state index contributed by atoms with van der Waals surface area (Å²) in [4.78, 5) is 54.8. The Kier molecular flexibility index (Phi) is 11.5. The average molecular weight is 856 g/mol. The first kappa shape index (κ1) is 41.5. The second-order valence-corrected chi connectivity index (χ2v) is 20.0. The van der Waals surface area contributed by atoms with Crippen LogP contribution in [-0.2, 0) is 24.4 Å². The highest BCUT2D eigenvalue weighted by Crippen LogP contribution is 2.48. The number of amides is 3. The largest absolute Gasteiger partial charge is 0.497 e. The Labute approximate surface area is 355 Å². The van der Waals surface area contributed by atoms with Crippen LogP contribution >= 0.6 is 11.3 Å². The number of sulfonamides is 1. The monoisotopic (exact) mass is 855 g/mol. The van der Waals surface area contributed by atoms with Crippen LogP contribution in [0.25, 0.3) is 22.3 Å². The molecule has 5 atom stereocenters. The van der Waals surface area contributed by atoms with E-state index in [1.807, 2.05) is 86.0 Å². The second kappa shape index (κ2) is 16.7. The summed E-state index contributed by atoms with van der Waals surface area (Å²) < 4.78 is 40.2. The van der Waals surface area contributed by atoms with Crippen molar-refractivity contribution >= 4 is 60.8 Å². The van der Waals surface area contributed by atoms with Crippen molar-refractivity contribution in [1.82, 2.24) is 24.9 Å². The van der Waals surface area contributed by atoms with E-state index in [-0.39, 0.29) is 31.3 Å². The number of fused-ring (bicyclic) bond motifs is 3. The van der Waals surface area contributed by atoms with Gasteiger partial charge in [-0.25, -0.2) is 18.4 Å². The van der Waals surface area contributed by atoms with Gasteiger partial charge >= 0.3 is 0 Å². The summed E-state index contributed by atoms with van der Waals surface area (Å²) in [5.41, 5.74) is 1.18. The van der Waals surface area contributed by atoms with E-state index in [1.165, 1.54) is 11.3 Å². The van der Waals surface area contributed by atoms with Crippen molar-refractivity contribution in [3.05, 3.63) is 72.1 Å². The first-order valence-corrected chi connectivity index (χ1v) is 23.2. The molecule has 0 radical (unpaired) electrons. The van der Waals surface area contributed by atoms with Crippen LogP contribution in [0.2, 0.25) is 0 Å². The minimum absolute atomic E-state index is 0.0909. The molecule has 4 aliphatic rings. The molecular weight excluding hydrogens is 803 g/mol. The van der Waals surface area contributed by atoms with E-state index >= 15 is 0 Å². The first-order chi connectivity index (χ1) is 28.8. The van der Waals surface area contributed by atoms with Crippen LogP contribution < -0.4 is 30.1 Å². The van der Waals surface area contributed by atoms with Crippen molar-refractivity contribution in [1.29, 1.82) is 0 Å². The van der Waals surface area contributed by atoms with Gasteiger partial charge < -0.3 is 30.3 Å². The minimum Gasteiger partial charge on any atom is -0.497 e. The third-order valence-electron chi connectivity index (χ3n) is 12.0. The van der Waals surface area contributed by atoms with Gasteiger partial charge in [-0.3, -0.25) is 19.1 Å². The normalized spacial score (nSPS) is 25.3. The molecule has 2 aliphatic heterocycles. The van der Waals surface area contributed by atoms with Gasteiger partial charge in [0.05, 0.1) is 29.6 Å². The average Bonchev–Trinajstić information content (AvgIpc) is 4.02. The van der Waals surface area contributed by atoms with Crippen LogP contribution in [-0.4, -0.2) is 89.2 Å². The van der Waals surface area contributed by atoms with Crippen LogP contribution in [0, 0.1) is 5.92 Å². The number of rotatable bonds is 11. The molecule has 3 fully saturated rings. The van der Waals surface area contributed by atoms with Crippen LogP contribution in [0.15, 0.2) is 72.1 Å². The molecule has 318 valence electrons. The predicted molar refractivity (Wildman–Crippen MR) is 232 cm³/mol. The molecule has 2 saturated carbocycles. The van der Waals surface area contributed by atoms with Gasteiger partial charge in [0.25, 0.3) is 5.91 Å². The predicted octanol–water partition coefficient (Wildman–Crippen LogP) is 6.41. The molecule has 16 heteroatoms. The second-order valence-electron chi connectivity index (χ2n) is 17.0. The highest BCUT2D eigenvalue weighted by molar-refractivity contribution is 7.91. The molecule has 2 aromatic heterocycles. The van der Waals surface area contributed by atoms with Crippen LogP contribution in [0.5, 0.6) is 11.5 Å². The highest BCUT2D eigenvalue weighted by Gasteiger charge is 2.63. The van der Waals surface area contributed by atoms with Crippen LogP contribution in [0.1, 0.15) is 78.6 Å². The number of nitrogens with zero attached hydrogens (tertiary/aromatic N) is 3. The summed E-state index contributed by atoms with van der Waals surface area (Å²) in [6, 6.07) is 15.4. The molecule has 1 saturated heterocycles. The van der Waals surface area contributed by atoms with Gasteiger partial charge in [0.15, 0.2) is 5.13 Å². The number of allylic oxidation sites excluding steroid dienone is 1. The molecule has 4 heterocycles. The fourth-order valence-corrected chi connectivity index (χ4v) is 10.3. The number of para-hydroxylation sites is 1. The number of carbonyl (C=O) groups is 3. The van der Waals surface area contributed by atoms with Gasteiger partial charge in [-0.05, 0) is 83.6 Å². The summed E-state index contributed by atoms with van der Waals surface area (Å²) in [6.45, 7) is 5.80. The fraction of sp³-hybridized carbons (Fsp3) is 0.477. The number of carbonyl (C=O) groups excluding carboxylic acids is 3. The Morgan fingerprint density at radius 2 is 1.83 bits per heavy atom. The minimum atomic E-state index is -3.98. The lowest BCUT2D eigenvalue weighted by atomic mass is 10.0. The van der Waals surface area contributed by atoms with Crippen molar-refractivity contribution in [3.8, 4) is 22.9 Å². The van der Waals surface area contributed by atoms with Crippen molar-refractivity contribution in [2.24, 2.45) is 5.92 Å². The lowest BCUT2D eigenvalue weighted by Crippen LogP contribution is -2.58. The Balaban J connectivity index is 1.13. The maximum Gasteiger partial charge on any atom is 0.259 e. The molecule has 2 aliphatic carbocycles. The number of methoxy groups -OCH3 is 1. The number of pyridine rings is 1. The molecule has 60 heavy (non-hydrogen) atoms. The molecule has 0 spiro atoms. The maximum atomic E-state index is 14.8. The quantitative estimate of drug-likeness (QED) is 0.123. The van der Waals surface area contributed by atoms with Gasteiger partial charge in [-0.2, -0.15) is 0 Å². The van der Waals surface area contributed by atoms with E-state index < -0.39 is 56.2 Å². The third-order valence-corrected chi connectivity index (χ3v) is 15.0. The zero-order valence-corrected chi connectivity index (χ0v) is 36.0. The van der Waals surface area contributed by atoms with Gasteiger partial charge in [-0.15, -0.1) is 11.3 Å². The zero-order chi connectivity index (χ0) is 42.2. The molecule has 14 nitrogen and oxygen atoms in total. The number of benzene rings is 2. The molecule has 4 aromatic rings. The number of hydrogen-bond donors (Lipinski definition) is 4. The maximum absolute atomic E-state index is 14.8. The van der Waals surface area contributed by atoms with E-state index in [0.29, 0.717) is 53.1 Å². The van der Waals surface area contributed by atoms with Gasteiger partial charge in [0.2, 0.25) is 21.8 Å². The van der Waals surface area contributed by atoms with Crippen LogP contribution in [0.3, 0.4) is 0 Å². The van der Waals surface area contributed by atoms with Crippen molar-refractivity contribution in [2.75, 3.05) is 24.3 Å². The van der Waals surface area contributed by atoms with Crippen molar-refractivity contribution < 1.29 is 32.3 Å². The van der Waals surface area contributed by atoms with Gasteiger partial charge in [-0.1, -0.05) is 43.2 Å². The number of aromatic nitrogens is 2. The van der Waals surface area contributed by atoms with E-state index in [2.05, 4.69) is 20.7 Å². The summed E-state index contributed by atoms with van der Waals surface area (Å²) in [5.74, 6) is -0.831. The van der Waals surface area contributed by atoms with E-state index in [4.69, 9.17) is 19.4 Å². The molecular formula is C44H53N7O7S2. The number of nitrogens with one attached hydrogen (secondary N) is 4. The molecule has 0 bridgehead atoms. The van der Waals surface area contributed by atoms with Crippen LogP contribution in [0.4, 0.5) is 10.8 Å². The highest BCUT2D eigenvalue weighted by atomic mass is 32.2. The molecule has 2 aromatic carbocycles. The van der Waals surface area contributed by atoms with Crippen molar-refractivity contribution in [2.45, 2.75) is 113 Å². The van der Waals surface area contributed by atoms with E-state index in [1.54, 1.807) is 18.9 Å². The molecule has 8 rings (SSSR count). The Morgan fingerprint density at radius 1 is 1.03 bits per heavy atom. The van der Waals surface area contributed by atoms with Crippen molar-refractivity contribution in [3.63, 3.8) is 0 Å².